The Balaban J connectivity index is 2.27. The van der Waals surface area contributed by atoms with Gasteiger partial charge in [-0.15, -0.1) is 4.68 Å². The number of aromatic nitrogens is 2. The number of amides is 1. The molecule has 1 amide bonds. The van der Waals surface area contributed by atoms with E-state index in [-0.39, 0.29) is 29.5 Å². The summed E-state index contributed by atoms with van der Waals surface area (Å²) in [6.07, 6.45) is 1.08. The number of aryl methyl sites for hydroxylation is 1. The summed E-state index contributed by atoms with van der Waals surface area (Å²) in [5, 5.41) is 14.8. The molecular formula is C11H16N4O4. The molecule has 2 heterocycles. The van der Waals surface area contributed by atoms with E-state index in [9.17, 15) is 14.9 Å². The highest BCUT2D eigenvalue weighted by Crippen LogP contribution is 2.21. The lowest BCUT2D eigenvalue weighted by Crippen LogP contribution is -2.48. The van der Waals surface area contributed by atoms with Crippen LogP contribution in [0.1, 0.15) is 24.2 Å². The van der Waals surface area contributed by atoms with Crippen LogP contribution in [-0.4, -0.2) is 50.8 Å². The fourth-order valence-corrected chi connectivity index (χ4v) is 2.31. The second-order valence-corrected chi connectivity index (χ2v) is 4.73. The van der Waals surface area contributed by atoms with Gasteiger partial charge in [-0.1, -0.05) is 5.10 Å². The van der Waals surface area contributed by atoms with Gasteiger partial charge in [0.05, 0.1) is 18.4 Å². The highest BCUT2D eigenvalue weighted by molar-refractivity contribution is 5.97. The van der Waals surface area contributed by atoms with Crippen LogP contribution in [-0.2, 0) is 11.8 Å². The topological polar surface area (TPSA) is 90.5 Å². The average Bonchev–Trinajstić information content (AvgIpc) is 2.68. The zero-order valence-corrected chi connectivity index (χ0v) is 11.1. The van der Waals surface area contributed by atoms with E-state index in [0.717, 1.165) is 4.68 Å². The minimum Gasteiger partial charge on any atom is -0.372 e. The monoisotopic (exact) mass is 268 g/mol. The summed E-state index contributed by atoms with van der Waals surface area (Å²) >= 11 is 0. The van der Waals surface area contributed by atoms with Crippen molar-refractivity contribution in [2.75, 3.05) is 13.1 Å². The molecule has 2 rings (SSSR count). The maximum absolute atomic E-state index is 12.3. The van der Waals surface area contributed by atoms with Crippen LogP contribution in [0.25, 0.3) is 0 Å². The van der Waals surface area contributed by atoms with Crippen molar-refractivity contribution < 1.29 is 14.5 Å². The Bertz CT molecular complexity index is 503. The fraction of sp³-hybridized carbons (Fsp3) is 0.636. The number of rotatable bonds is 2. The summed E-state index contributed by atoms with van der Waals surface area (Å²) in [6, 6.07) is 0. The van der Waals surface area contributed by atoms with E-state index in [4.69, 9.17) is 4.74 Å². The number of nitrogens with zero attached hydrogens (tertiary/aromatic N) is 4. The third-order valence-corrected chi connectivity index (χ3v) is 3.02. The highest BCUT2D eigenvalue weighted by atomic mass is 16.6. The molecular weight excluding hydrogens is 252 g/mol. The van der Waals surface area contributed by atoms with Crippen molar-refractivity contribution in [2.24, 2.45) is 7.05 Å². The maximum Gasteiger partial charge on any atom is 0.357 e. The van der Waals surface area contributed by atoms with Gasteiger partial charge in [0, 0.05) is 13.1 Å². The number of hydrogen-bond acceptors (Lipinski definition) is 5. The van der Waals surface area contributed by atoms with E-state index in [2.05, 4.69) is 5.10 Å². The van der Waals surface area contributed by atoms with E-state index in [0.29, 0.717) is 13.1 Å². The van der Waals surface area contributed by atoms with Crippen molar-refractivity contribution in [1.29, 1.82) is 0 Å². The van der Waals surface area contributed by atoms with Crippen LogP contribution < -0.4 is 0 Å². The summed E-state index contributed by atoms with van der Waals surface area (Å²) in [5.74, 6) is -0.654. The first kappa shape index (κ1) is 13.5. The third-order valence-electron chi connectivity index (χ3n) is 3.02. The van der Waals surface area contributed by atoms with Crippen LogP contribution in [0.4, 0.5) is 5.82 Å². The van der Waals surface area contributed by atoms with Crippen molar-refractivity contribution in [3.05, 3.63) is 21.9 Å². The van der Waals surface area contributed by atoms with Gasteiger partial charge in [-0.25, -0.2) is 0 Å². The predicted molar refractivity (Wildman–Crippen MR) is 65.8 cm³/mol. The lowest BCUT2D eigenvalue weighted by atomic mass is 10.2. The van der Waals surface area contributed by atoms with Crippen LogP contribution in [0.3, 0.4) is 0 Å². The third kappa shape index (κ3) is 2.58. The average molecular weight is 268 g/mol. The van der Waals surface area contributed by atoms with Crippen LogP contribution in [0, 0.1) is 10.1 Å². The van der Waals surface area contributed by atoms with E-state index >= 15 is 0 Å². The number of carbonyl (C=O) groups is 1. The molecule has 0 saturated carbocycles. The number of nitro groups is 1. The van der Waals surface area contributed by atoms with Gasteiger partial charge in [-0.05, 0) is 18.8 Å². The van der Waals surface area contributed by atoms with Crippen molar-refractivity contribution in [2.45, 2.75) is 26.1 Å². The second kappa shape index (κ2) is 4.96. The second-order valence-electron chi connectivity index (χ2n) is 4.73. The Labute approximate surface area is 110 Å². The van der Waals surface area contributed by atoms with Crippen molar-refractivity contribution in [3.8, 4) is 0 Å². The van der Waals surface area contributed by atoms with E-state index < -0.39 is 4.92 Å². The Morgan fingerprint density at radius 1 is 1.47 bits per heavy atom. The van der Waals surface area contributed by atoms with Gasteiger partial charge in [0.1, 0.15) is 7.05 Å². The van der Waals surface area contributed by atoms with Gasteiger partial charge in [0.15, 0.2) is 5.56 Å². The van der Waals surface area contributed by atoms with E-state index in [1.807, 2.05) is 13.8 Å². The molecule has 1 saturated heterocycles. The largest absolute Gasteiger partial charge is 0.372 e. The molecule has 0 radical (unpaired) electrons. The van der Waals surface area contributed by atoms with E-state index in [1.54, 1.807) is 4.90 Å². The Morgan fingerprint density at radius 3 is 2.58 bits per heavy atom. The van der Waals surface area contributed by atoms with Gasteiger partial charge in [0.2, 0.25) is 0 Å². The lowest BCUT2D eigenvalue weighted by Gasteiger charge is -2.34. The molecule has 0 bridgehead atoms. The van der Waals surface area contributed by atoms with Crippen molar-refractivity contribution >= 4 is 11.7 Å². The van der Waals surface area contributed by atoms with Crippen LogP contribution in [0.5, 0.6) is 0 Å². The first-order valence-electron chi connectivity index (χ1n) is 6.01. The molecule has 1 aliphatic rings. The molecule has 19 heavy (non-hydrogen) atoms. The quantitative estimate of drug-likeness (QED) is 0.578. The molecule has 0 aromatic carbocycles. The molecule has 0 aliphatic carbocycles. The molecule has 8 heteroatoms. The minimum absolute atomic E-state index is 0.0220. The summed E-state index contributed by atoms with van der Waals surface area (Å²) in [4.78, 5) is 24.3. The highest BCUT2D eigenvalue weighted by Gasteiger charge is 2.32. The molecule has 2 atom stereocenters. The van der Waals surface area contributed by atoms with Gasteiger partial charge in [-0.2, -0.15) is 0 Å². The maximum atomic E-state index is 12.3. The van der Waals surface area contributed by atoms with Crippen molar-refractivity contribution in [1.82, 2.24) is 14.7 Å². The summed E-state index contributed by atoms with van der Waals surface area (Å²) in [7, 11) is 1.44. The lowest BCUT2D eigenvalue weighted by molar-refractivity contribution is -0.392. The van der Waals surface area contributed by atoms with Crippen molar-refractivity contribution in [3.63, 3.8) is 0 Å². The summed E-state index contributed by atoms with van der Waals surface area (Å²) < 4.78 is 6.63. The zero-order chi connectivity index (χ0) is 14.2. The standard InChI is InChI=1S/C11H16N4O4/c1-7-5-14(6-8(2)19-7)11(16)9-4-12-13(3)10(9)15(17)18/h4,7-8H,5-6H2,1-3H3. The number of morpholine rings is 1. The smallest absolute Gasteiger partial charge is 0.357 e. The zero-order valence-electron chi connectivity index (χ0n) is 11.1. The Hall–Kier alpha value is -1.96. The molecule has 1 aromatic rings. The number of ether oxygens (including phenoxy) is 1. The van der Waals surface area contributed by atoms with Crippen LogP contribution in [0.2, 0.25) is 0 Å². The van der Waals surface area contributed by atoms with Crippen LogP contribution in [0.15, 0.2) is 6.20 Å². The normalized spacial score (nSPS) is 23.4. The molecule has 1 aliphatic heterocycles. The number of carbonyl (C=O) groups excluding carboxylic acids is 1. The first-order chi connectivity index (χ1) is 8.90. The molecule has 1 aromatic heterocycles. The molecule has 1 fully saturated rings. The molecule has 8 nitrogen and oxygen atoms in total. The minimum atomic E-state index is -0.590. The molecule has 104 valence electrons. The first-order valence-corrected chi connectivity index (χ1v) is 6.01. The van der Waals surface area contributed by atoms with E-state index in [1.165, 1.54) is 13.2 Å². The van der Waals surface area contributed by atoms with Gasteiger partial charge in [-0.3, -0.25) is 4.79 Å². The molecule has 0 N–H and O–H groups in total. The molecule has 2 unspecified atom stereocenters. The van der Waals surface area contributed by atoms with Gasteiger partial charge in [0.25, 0.3) is 5.91 Å². The summed E-state index contributed by atoms with van der Waals surface area (Å²) in [5.41, 5.74) is 0.0220. The summed E-state index contributed by atoms with van der Waals surface area (Å²) in [6.45, 7) is 4.59. The Morgan fingerprint density at radius 2 is 2.05 bits per heavy atom. The fourth-order valence-electron chi connectivity index (χ4n) is 2.31. The number of hydrogen-bond donors (Lipinski definition) is 0. The van der Waals surface area contributed by atoms with Crippen LogP contribution >= 0.6 is 0 Å². The SMILES string of the molecule is CC1CN(C(=O)c2cnn(C)c2[N+](=O)[O-])CC(C)O1. The Kier molecular flexibility index (Phi) is 3.52. The van der Waals surface area contributed by atoms with Gasteiger partial charge < -0.3 is 19.8 Å². The molecule has 0 spiro atoms. The predicted octanol–water partition coefficient (Wildman–Crippen LogP) is 0.578. The van der Waals surface area contributed by atoms with Gasteiger partial charge >= 0.3 is 5.82 Å².